The van der Waals surface area contributed by atoms with Crippen molar-refractivity contribution in [2.24, 2.45) is 0 Å². The maximum Gasteiger partial charge on any atom is 0.573 e. The van der Waals surface area contributed by atoms with Gasteiger partial charge in [-0.25, -0.2) is 21.8 Å². The molecule has 8 nitrogen and oxygen atoms in total. The van der Waals surface area contributed by atoms with Crippen LogP contribution in [0.5, 0.6) is 5.75 Å². The molecule has 0 bridgehead atoms. The van der Waals surface area contributed by atoms with Crippen LogP contribution in [0.15, 0.2) is 59.6 Å². The zero-order valence-electron chi connectivity index (χ0n) is 21.5. The van der Waals surface area contributed by atoms with Crippen LogP contribution in [0.1, 0.15) is 40.2 Å². The number of carbonyl (C=O) groups excluding carboxylic acids is 1. The van der Waals surface area contributed by atoms with Gasteiger partial charge in [0.15, 0.2) is 5.65 Å². The maximum absolute atomic E-state index is 15.2. The molecule has 0 saturated carbocycles. The number of hydrogen-bond donors (Lipinski definition) is 1. The number of fused-ring (bicyclic) bond motifs is 1. The Morgan fingerprint density at radius 2 is 1.76 bits per heavy atom. The zero-order chi connectivity index (χ0) is 29.7. The van der Waals surface area contributed by atoms with Crippen molar-refractivity contribution >= 4 is 55.2 Å². The second-order valence-corrected chi connectivity index (χ2v) is 12.6. The smallest absolute Gasteiger partial charge is 0.406 e. The Hall–Kier alpha value is -3.40. The number of nitrogens with zero attached hydrogens (tertiary/aromatic N) is 3. The molecule has 2 aromatic heterocycles. The van der Waals surface area contributed by atoms with Gasteiger partial charge in [-0.3, -0.25) is 4.79 Å². The summed E-state index contributed by atoms with van der Waals surface area (Å²) in [6, 6.07) is 11.1. The largest absolute Gasteiger partial charge is 0.573 e. The van der Waals surface area contributed by atoms with Crippen LogP contribution in [0, 0.1) is 16.4 Å². The number of hydrogen-bond acceptors (Lipinski definition) is 6. The van der Waals surface area contributed by atoms with Crippen LogP contribution in [0.4, 0.5) is 23.2 Å². The van der Waals surface area contributed by atoms with Crippen LogP contribution in [0.2, 0.25) is 0 Å². The Kier molecular flexibility index (Phi) is 7.65. The number of ether oxygens (including phenoxy) is 1. The molecule has 4 aromatic rings. The summed E-state index contributed by atoms with van der Waals surface area (Å²) in [6.07, 6.45) is -3.15. The van der Waals surface area contributed by atoms with Crippen LogP contribution in [0.25, 0.3) is 11.0 Å². The first-order valence-corrected chi connectivity index (χ1v) is 14.9. The van der Waals surface area contributed by atoms with Gasteiger partial charge in [0.25, 0.3) is 15.9 Å². The molecule has 3 heterocycles. The highest BCUT2D eigenvalue weighted by molar-refractivity contribution is 14.1. The fourth-order valence-corrected chi connectivity index (χ4v) is 7.69. The topological polar surface area (TPSA) is 108 Å². The molecule has 0 atom stereocenters. The molecule has 1 fully saturated rings. The first kappa shape index (κ1) is 29.1. The number of pyridine rings is 1. The fourth-order valence-electron chi connectivity index (χ4n) is 5.02. The maximum atomic E-state index is 15.2. The molecular weight excluding hydrogens is 679 g/mol. The Labute approximate surface area is 246 Å². The number of piperidine rings is 1. The molecule has 1 amide bonds. The second-order valence-electron chi connectivity index (χ2n) is 9.67. The average molecular weight is 702 g/mol. The summed E-state index contributed by atoms with van der Waals surface area (Å²) in [7, 11) is -4.01. The van der Waals surface area contributed by atoms with Crippen molar-refractivity contribution in [1.29, 1.82) is 0 Å². The summed E-state index contributed by atoms with van der Waals surface area (Å²) in [5.74, 6) is -1.91. The fraction of sp³-hybridized carbons (Fsp3) is 0.259. The lowest BCUT2D eigenvalue weighted by Crippen LogP contribution is -2.38. The third-order valence-corrected chi connectivity index (χ3v) is 9.81. The van der Waals surface area contributed by atoms with Gasteiger partial charge >= 0.3 is 6.36 Å². The van der Waals surface area contributed by atoms with E-state index < -0.39 is 33.9 Å². The zero-order valence-corrected chi connectivity index (χ0v) is 24.4. The number of alkyl halides is 3. The van der Waals surface area contributed by atoms with Crippen LogP contribution >= 0.6 is 22.6 Å². The lowest BCUT2D eigenvalue weighted by molar-refractivity contribution is -0.274. The Morgan fingerprint density at radius 1 is 1.10 bits per heavy atom. The lowest BCUT2D eigenvalue weighted by atomic mass is 9.87. The molecule has 1 aliphatic heterocycles. The van der Waals surface area contributed by atoms with Crippen molar-refractivity contribution in [3.05, 3.63) is 80.9 Å². The molecule has 0 aliphatic carbocycles. The first-order valence-electron chi connectivity index (χ1n) is 12.4. The van der Waals surface area contributed by atoms with E-state index in [0.29, 0.717) is 27.5 Å². The van der Waals surface area contributed by atoms with E-state index >= 15 is 4.39 Å². The monoisotopic (exact) mass is 702 g/mol. The van der Waals surface area contributed by atoms with Crippen molar-refractivity contribution in [3.63, 3.8) is 0 Å². The molecular formula is C27H23F4IN4O4S. The number of aryl methyl sites for hydroxylation is 1. The van der Waals surface area contributed by atoms with Gasteiger partial charge in [-0.1, -0.05) is 17.7 Å². The molecule has 1 saturated heterocycles. The minimum absolute atomic E-state index is 0.0309. The number of nitrogen functional groups attached to an aromatic ring is 1. The molecule has 5 rings (SSSR count). The SMILES string of the molecule is Cc1ccc(S(=O)(=O)n2c(I)cc3c(C4CCN(C(=O)c5ccc(OC(F)(F)F)cc5N)CC4)c(F)cnc32)cc1. The number of aromatic nitrogens is 2. The minimum Gasteiger partial charge on any atom is -0.406 e. The Bertz CT molecular complexity index is 1750. The van der Waals surface area contributed by atoms with E-state index in [1.54, 1.807) is 18.2 Å². The van der Waals surface area contributed by atoms with E-state index in [9.17, 15) is 26.4 Å². The van der Waals surface area contributed by atoms with E-state index in [2.05, 4.69) is 9.72 Å². The van der Waals surface area contributed by atoms with Gasteiger partial charge in [0.05, 0.1) is 20.4 Å². The van der Waals surface area contributed by atoms with Crippen LogP contribution in [-0.4, -0.2) is 47.6 Å². The van der Waals surface area contributed by atoms with Gasteiger partial charge < -0.3 is 15.4 Å². The highest BCUT2D eigenvalue weighted by Crippen LogP contribution is 2.38. The third-order valence-electron chi connectivity index (χ3n) is 6.98. The van der Waals surface area contributed by atoms with Gasteiger partial charge in [0, 0.05) is 35.8 Å². The minimum atomic E-state index is -4.89. The normalized spacial score (nSPS) is 14.9. The van der Waals surface area contributed by atoms with E-state index in [-0.39, 0.29) is 40.8 Å². The summed E-state index contributed by atoms with van der Waals surface area (Å²) in [5.41, 5.74) is 7.05. The highest BCUT2D eigenvalue weighted by atomic mass is 127. The molecule has 0 unspecified atom stereocenters. The standard InChI is InChI=1S/C27H23F4IN4O4S/c1-15-2-5-18(6-3-15)41(38,39)36-23(32)13-20-24(21(28)14-34-25(20)36)16-8-10-35(11-9-16)26(37)19-7-4-17(12-22(19)33)40-27(29,30)31/h2-7,12-14,16H,8-11,33H2,1H3. The van der Waals surface area contributed by atoms with Crippen molar-refractivity contribution in [2.75, 3.05) is 18.8 Å². The summed E-state index contributed by atoms with van der Waals surface area (Å²) < 4.78 is 85.0. The summed E-state index contributed by atoms with van der Waals surface area (Å²) >= 11 is 1.89. The number of carbonyl (C=O) groups is 1. The molecule has 0 spiro atoms. The molecule has 14 heteroatoms. The van der Waals surface area contributed by atoms with Crippen LogP contribution < -0.4 is 10.5 Å². The Morgan fingerprint density at radius 3 is 2.37 bits per heavy atom. The van der Waals surface area contributed by atoms with E-state index in [0.717, 1.165) is 27.9 Å². The van der Waals surface area contributed by atoms with Gasteiger partial charge in [-0.2, -0.15) is 0 Å². The van der Waals surface area contributed by atoms with Crippen molar-refractivity contribution in [2.45, 2.75) is 36.9 Å². The van der Waals surface area contributed by atoms with Crippen LogP contribution in [0.3, 0.4) is 0 Å². The third kappa shape index (κ3) is 5.71. The molecule has 0 radical (unpaired) electrons. The number of benzene rings is 2. The number of likely N-dealkylation sites (tertiary alicyclic amines) is 1. The van der Waals surface area contributed by atoms with E-state index in [1.807, 2.05) is 29.5 Å². The summed E-state index contributed by atoms with van der Waals surface area (Å²) in [4.78, 5) is 18.8. The number of halogens is 5. The number of nitrogens with two attached hydrogens (primary N) is 1. The second kappa shape index (κ2) is 10.8. The Balaban J connectivity index is 1.39. The van der Waals surface area contributed by atoms with Gasteiger partial charge in [0.2, 0.25) is 0 Å². The summed E-state index contributed by atoms with van der Waals surface area (Å²) in [5, 5.41) is 0.374. The van der Waals surface area contributed by atoms with Gasteiger partial charge in [0.1, 0.15) is 11.6 Å². The number of anilines is 1. The van der Waals surface area contributed by atoms with Gasteiger partial charge in [-0.05, 0) is 78.6 Å². The van der Waals surface area contributed by atoms with Crippen molar-refractivity contribution in [1.82, 2.24) is 13.9 Å². The summed E-state index contributed by atoms with van der Waals surface area (Å²) in [6.45, 7) is 2.30. The number of amides is 1. The van der Waals surface area contributed by atoms with E-state index in [1.165, 1.54) is 23.1 Å². The molecule has 41 heavy (non-hydrogen) atoms. The molecule has 216 valence electrons. The van der Waals surface area contributed by atoms with E-state index in [4.69, 9.17) is 5.73 Å². The quantitative estimate of drug-likeness (QED) is 0.160. The average Bonchev–Trinajstić information content (AvgIpc) is 3.24. The molecule has 2 N–H and O–H groups in total. The number of rotatable bonds is 5. The highest BCUT2D eigenvalue weighted by Gasteiger charge is 2.33. The van der Waals surface area contributed by atoms with Gasteiger partial charge in [-0.15, -0.1) is 13.2 Å². The van der Waals surface area contributed by atoms with Crippen molar-refractivity contribution in [3.8, 4) is 5.75 Å². The predicted molar refractivity (Wildman–Crippen MR) is 152 cm³/mol. The first-order chi connectivity index (χ1) is 19.3. The molecule has 1 aliphatic rings. The molecule has 2 aromatic carbocycles. The van der Waals surface area contributed by atoms with Crippen molar-refractivity contribution < 1.29 is 35.5 Å². The predicted octanol–water partition coefficient (Wildman–Crippen LogP) is 5.83. The van der Waals surface area contributed by atoms with Crippen LogP contribution in [-0.2, 0) is 10.0 Å². The lowest BCUT2D eigenvalue weighted by Gasteiger charge is -2.33.